The van der Waals surface area contributed by atoms with E-state index in [1.165, 1.54) is 11.3 Å². The summed E-state index contributed by atoms with van der Waals surface area (Å²) in [5.41, 5.74) is 2.50. The van der Waals surface area contributed by atoms with Gasteiger partial charge in [-0.15, -0.1) is 0 Å². The second-order valence-corrected chi connectivity index (χ2v) is 6.39. The first-order valence-corrected chi connectivity index (χ1v) is 8.51. The molecule has 0 spiro atoms. The van der Waals surface area contributed by atoms with Crippen molar-refractivity contribution < 1.29 is 14.2 Å². The van der Waals surface area contributed by atoms with Crippen molar-refractivity contribution in [1.29, 1.82) is 0 Å². The summed E-state index contributed by atoms with van der Waals surface area (Å²) in [5.74, 6) is 2.13. The fourth-order valence-corrected chi connectivity index (χ4v) is 3.43. The molecule has 2 aliphatic heterocycles. The van der Waals surface area contributed by atoms with E-state index >= 15 is 0 Å². The van der Waals surface area contributed by atoms with Gasteiger partial charge in [0.1, 0.15) is 0 Å². The molecule has 1 unspecified atom stereocenters. The van der Waals surface area contributed by atoms with Crippen LogP contribution < -0.4 is 9.47 Å². The number of nitrogens with zero attached hydrogens (tertiary/aromatic N) is 3. The minimum Gasteiger partial charge on any atom is -0.454 e. The highest BCUT2D eigenvalue weighted by molar-refractivity contribution is 5.44. The lowest BCUT2D eigenvalue weighted by atomic mass is 10.1. The van der Waals surface area contributed by atoms with E-state index in [1.54, 1.807) is 0 Å². The Bertz CT molecular complexity index is 701. The molecule has 1 aromatic heterocycles. The number of rotatable bonds is 5. The third-order valence-corrected chi connectivity index (χ3v) is 4.54. The summed E-state index contributed by atoms with van der Waals surface area (Å²) in [6.07, 6.45) is 1.89. The Morgan fingerprint density at radius 1 is 1.21 bits per heavy atom. The zero-order valence-electron chi connectivity index (χ0n) is 14.0. The molecule has 0 saturated carbocycles. The van der Waals surface area contributed by atoms with Crippen LogP contribution in [-0.4, -0.2) is 41.2 Å². The van der Waals surface area contributed by atoms with E-state index in [2.05, 4.69) is 32.9 Å². The third kappa shape index (κ3) is 3.25. The Morgan fingerprint density at radius 3 is 3.04 bits per heavy atom. The molecule has 0 aliphatic carbocycles. The molecule has 0 radical (unpaired) electrons. The Hall–Kier alpha value is -2.05. The molecule has 0 fully saturated rings. The van der Waals surface area contributed by atoms with Gasteiger partial charge in [-0.25, -0.2) is 0 Å². The van der Waals surface area contributed by atoms with Crippen LogP contribution in [0.3, 0.4) is 0 Å². The molecule has 2 aromatic rings. The first-order chi connectivity index (χ1) is 11.8. The van der Waals surface area contributed by atoms with Crippen molar-refractivity contribution in [3.63, 3.8) is 0 Å². The van der Waals surface area contributed by atoms with E-state index in [0.29, 0.717) is 12.7 Å². The van der Waals surface area contributed by atoms with Gasteiger partial charge in [-0.1, -0.05) is 6.07 Å². The molecule has 0 saturated heterocycles. The quantitative estimate of drug-likeness (QED) is 0.842. The number of aromatic nitrogens is 2. The SMILES string of the molecule is CCOCC1CN(Cc2ccc3c(c2)OCO3)Cc2ccnn2C1. The van der Waals surface area contributed by atoms with Gasteiger partial charge >= 0.3 is 0 Å². The van der Waals surface area contributed by atoms with Crippen LogP contribution in [0.5, 0.6) is 11.5 Å². The number of fused-ring (bicyclic) bond motifs is 2. The maximum absolute atomic E-state index is 5.67. The molecule has 6 nitrogen and oxygen atoms in total. The first-order valence-electron chi connectivity index (χ1n) is 8.51. The lowest BCUT2D eigenvalue weighted by molar-refractivity contribution is 0.0841. The molecule has 0 N–H and O–H groups in total. The van der Waals surface area contributed by atoms with Gasteiger partial charge in [0.05, 0.1) is 12.3 Å². The second kappa shape index (κ2) is 6.83. The van der Waals surface area contributed by atoms with Crippen molar-refractivity contribution in [1.82, 2.24) is 14.7 Å². The fraction of sp³-hybridized carbons (Fsp3) is 0.500. The topological polar surface area (TPSA) is 48.8 Å². The van der Waals surface area contributed by atoms with Gasteiger partial charge in [-0.05, 0) is 30.7 Å². The number of hydrogen-bond acceptors (Lipinski definition) is 5. The van der Waals surface area contributed by atoms with Crippen molar-refractivity contribution >= 4 is 0 Å². The summed E-state index contributed by atoms with van der Waals surface area (Å²) in [5, 5.41) is 4.46. The van der Waals surface area contributed by atoms with Crippen LogP contribution in [0.25, 0.3) is 0 Å². The predicted octanol–water partition coefficient (Wildman–Crippen LogP) is 2.28. The summed E-state index contributed by atoms with van der Waals surface area (Å²) in [6, 6.07) is 8.31. The second-order valence-electron chi connectivity index (χ2n) is 6.39. The van der Waals surface area contributed by atoms with Gasteiger partial charge in [0.2, 0.25) is 6.79 Å². The molecule has 0 bridgehead atoms. The highest BCUT2D eigenvalue weighted by Gasteiger charge is 2.23. The summed E-state index contributed by atoms with van der Waals surface area (Å²) in [4.78, 5) is 2.46. The van der Waals surface area contributed by atoms with Gasteiger partial charge in [-0.3, -0.25) is 9.58 Å². The molecule has 1 atom stereocenters. The van der Waals surface area contributed by atoms with Crippen LogP contribution >= 0.6 is 0 Å². The zero-order valence-corrected chi connectivity index (χ0v) is 14.0. The summed E-state index contributed by atoms with van der Waals surface area (Å²) in [6.45, 7) is 7.58. The monoisotopic (exact) mass is 329 g/mol. The molecule has 2 aliphatic rings. The van der Waals surface area contributed by atoms with Gasteiger partial charge in [0, 0.05) is 44.9 Å². The molecule has 4 rings (SSSR count). The zero-order chi connectivity index (χ0) is 16.4. The van der Waals surface area contributed by atoms with E-state index in [-0.39, 0.29) is 0 Å². The van der Waals surface area contributed by atoms with Crippen LogP contribution in [0.15, 0.2) is 30.5 Å². The van der Waals surface area contributed by atoms with Gasteiger partial charge in [0.15, 0.2) is 11.5 Å². The normalized spacial score (nSPS) is 20.0. The summed E-state index contributed by atoms with van der Waals surface area (Å²) >= 11 is 0. The van der Waals surface area contributed by atoms with Crippen LogP contribution in [0.1, 0.15) is 18.2 Å². The summed E-state index contributed by atoms with van der Waals surface area (Å²) < 4.78 is 18.7. The van der Waals surface area contributed by atoms with Gasteiger partial charge in [-0.2, -0.15) is 5.10 Å². The van der Waals surface area contributed by atoms with Crippen molar-refractivity contribution in [2.24, 2.45) is 5.92 Å². The lowest BCUT2D eigenvalue weighted by Gasteiger charge is -2.24. The predicted molar refractivity (Wildman–Crippen MR) is 88.9 cm³/mol. The maximum atomic E-state index is 5.67. The van der Waals surface area contributed by atoms with E-state index in [4.69, 9.17) is 14.2 Å². The minimum atomic E-state index is 0.318. The van der Waals surface area contributed by atoms with Gasteiger partial charge in [0.25, 0.3) is 0 Å². The maximum Gasteiger partial charge on any atom is 0.231 e. The Morgan fingerprint density at radius 2 is 2.12 bits per heavy atom. The molecule has 0 amide bonds. The average molecular weight is 329 g/mol. The van der Waals surface area contributed by atoms with E-state index in [1.807, 2.05) is 19.2 Å². The van der Waals surface area contributed by atoms with Crippen LogP contribution in [0.4, 0.5) is 0 Å². The van der Waals surface area contributed by atoms with E-state index in [9.17, 15) is 0 Å². The number of benzene rings is 1. The smallest absolute Gasteiger partial charge is 0.231 e. The molecule has 128 valence electrons. The highest BCUT2D eigenvalue weighted by Crippen LogP contribution is 2.33. The van der Waals surface area contributed by atoms with Crippen LogP contribution in [-0.2, 0) is 24.4 Å². The van der Waals surface area contributed by atoms with Gasteiger partial charge < -0.3 is 14.2 Å². The Labute approximate surface area is 141 Å². The Kier molecular flexibility index (Phi) is 4.40. The number of ether oxygens (including phenoxy) is 3. The largest absolute Gasteiger partial charge is 0.454 e. The molecular formula is C18H23N3O3. The van der Waals surface area contributed by atoms with E-state index < -0.39 is 0 Å². The Balaban J connectivity index is 1.50. The van der Waals surface area contributed by atoms with E-state index in [0.717, 1.165) is 50.9 Å². The highest BCUT2D eigenvalue weighted by atomic mass is 16.7. The molecular weight excluding hydrogens is 306 g/mol. The minimum absolute atomic E-state index is 0.318. The third-order valence-electron chi connectivity index (χ3n) is 4.54. The fourth-order valence-electron chi connectivity index (χ4n) is 3.43. The van der Waals surface area contributed by atoms with Crippen LogP contribution in [0.2, 0.25) is 0 Å². The van der Waals surface area contributed by atoms with Crippen LogP contribution in [0, 0.1) is 5.92 Å². The van der Waals surface area contributed by atoms with Crippen molar-refractivity contribution in [3.05, 3.63) is 41.7 Å². The molecule has 1 aromatic carbocycles. The molecule has 3 heterocycles. The lowest BCUT2D eigenvalue weighted by Crippen LogP contribution is -2.30. The number of hydrogen-bond donors (Lipinski definition) is 0. The standard InChI is InChI=1S/C18H23N3O3/c1-2-22-12-15-9-20(11-16-5-6-19-21(16)10-15)8-14-3-4-17-18(7-14)24-13-23-17/h3-7,15H,2,8-13H2,1H3. The van der Waals surface area contributed by atoms with Crippen molar-refractivity contribution in [2.45, 2.75) is 26.6 Å². The average Bonchev–Trinajstić information content (AvgIpc) is 3.18. The first kappa shape index (κ1) is 15.5. The van der Waals surface area contributed by atoms with Crippen molar-refractivity contribution in [2.75, 3.05) is 26.6 Å². The van der Waals surface area contributed by atoms with Crippen molar-refractivity contribution in [3.8, 4) is 11.5 Å². The molecule has 6 heteroatoms. The summed E-state index contributed by atoms with van der Waals surface area (Å²) in [7, 11) is 0. The molecule has 24 heavy (non-hydrogen) atoms.